The summed E-state index contributed by atoms with van der Waals surface area (Å²) in [5, 5.41) is 0. The van der Waals surface area contributed by atoms with Crippen molar-refractivity contribution in [2.75, 3.05) is 7.05 Å². The fourth-order valence-electron chi connectivity index (χ4n) is 2.68. The molecule has 3 heteroatoms. The first kappa shape index (κ1) is 17.7. The maximum Gasteiger partial charge on any atom is 0.123 e. The van der Waals surface area contributed by atoms with Gasteiger partial charge in [-0.1, -0.05) is 49.4 Å². The van der Waals surface area contributed by atoms with Crippen molar-refractivity contribution < 1.29 is 4.39 Å². The van der Waals surface area contributed by atoms with E-state index in [-0.39, 0.29) is 19.3 Å². The van der Waals surface area contributed by atoms with Gasteiger partial charge in [0.1, 0.15) is 5.82 Å². The topological polar surface area (TPSA) is 3.24 Å². The fraction of sp³-hybridized carbons (Fsp3) is 0.333. The average Bonchev–Trinajstić information content (AvgIpc) is 2.50. The number of hydrogen-bond acceptors (Lipinski definition) is 1. The molecule has 0 radical (unpaired) electrons. The van der Waals surface area contributed by atoms with Crippen LogP contribution in [0.1, 0.15) is 43.5 Å². The van der Waals surface area contributed by atoms with E-state index in [0.29, 0.717) is 12.1 Å². The van der Waals surface area contributed by atoms with Gasteiger partial charge in [-0.25, -0.2) is 4.39 Å². The quantitative estimate of drug-likeness (QED) is 0.744. The maximum atomic E-state index is 13.1. The van der Waals surface area contributed by atoms with Crippen LogP contribution in [-0.2, 0) is 0 Å². The number of hydrogen-bond donors (Lipinski definition) is 0. The Hall–Kier alpha value is -1.32. The molecular weight excluding hydrogens is 281 g/mol. The van der Waals surface area contributed by atoms with E-state index in [4.69, 9.17) is 0 Å². The Bertz CT molecular complexity index is 527. The second kappa shape index (κ2) is 8.20. The Kier molecular flexibility index (Phi) is 6.93. The first-order chi connectivity index (χ1) is 9.63. The number of nitrogens with zero attached hydrogens (tertiary/aromatic N) is 1. The van der Waals surface area contributed by atoms with Gasteiger partial charge >= 0.3 is 0 Å². The minimum absolute atomic E-state index is 0. The summed E-state index contributed by atoms with van der Waals surface area (Å²) in [5.74, 6) is -0.178. The third-order valence-corrected chi connectivity index (χ3v) is 4.03. The Morgan fingerprint density at radius 3 is 2.05 bits per heavy atom. The molecular formula is C18H24FNS. The smallest absolute Gasteiger partial charge is 0.123 e. The molecule has 1 nitrogen and oxygen atoms in total. The molecule has 2 aromatic rings. The zero-order chi connectivity index (χ0) is 14.5. The Morgan fingerprint density at radius 1 is 0.952 bits per heavy atom. The molecule has 0 saturated heterocycles. The van der Waals surface area contributed by atoms with E-state index >= 15 is 0 Å². The third kappa shape index (κ3) is 4.32. The summed E-state index contributed by atoms with van der Waals surface area (Å²) >= 11 is 0. The number of benzene rings is 2. The molecule has 2 unspecified atom stereocenters. The largest absolute Gasteiger partial charge is 0.293 e. The van der Waals surface area contributed by atoms with Crippen molar-refractivity contribution in [3.05, 3.63) is 71.5 Å². The van der Waals surface area contributed by atoms with E-state index in [1.165, 1.54) is 11.1 Å². The Labute approximate surface area is 134 Å². The van der Waals surface area contributed by atoms with Crippen molar-refractivity contribution in [3.8, 4) is 0 Å². The van der Waals surface area contributed by atoms with Gasteiger partial charge in [0.25, 0.3) is 0 Å². The molecule has 0 fully saturated rings. The van der Waals surface area contributed by atoms with Crippen LogP contribution in [0.5, 0.6) is 0 Å². The third-order valence-electron chi connectivity index (χ3n) is 4.03. The van der Waals surface area contributed by atoms with E-state index in [1.807, 2.05) is 18.2 Å². The fourth-order valence-corrected chi connectivity index (χ4v) is 2.68. The van der Waals surface area contributed by atoms with E-state index < -0.39 is 0 Å². The first-order valence-electron chi connectivity index (χ1n) is 7.15. The van der Waals surface area contributed by atoms with Gasteiger partial charge in [0.15, 0.2) is 0 Å². The molecule has 21 heavy (non-hydrogen) atoms. The Balaban J connectivity index is 0.00000220. The summed E-state index contributed by atoms with van der Waals surface area (Å²) in [7, 11) is 2.13. The van der Waals surface area contributed by atoms with Gasteiger partial charge in [-0.2, -0.15) is 13.5 Å². The van der Waals surface area contributed by atoms with Crippen LogP contribution in [0.2, 0.25) is 0 Å². The van der Waals surface area contributed by atoms with Crippen LogP contribution in [0.25, 0.3) is 0 Å². The molecule has 0 spiro atoms. The Morgan fingerprint density at radius 2 is 1.52 bits per heavy atom. The van der Waals surface area contributed by atoms with Gasteiger partial charge in [0, 0.05) is 12.1 Å². The highest BCUT2D eigenvalue weighted by atomic mass is 32.1. The highest BCUT2D eigenvalue weighted by Crippen LogP contribution is 2.30. The highest BCUT2D eigenvalue weighted by Gasteiger charge is 2.20. The van der Waals surface area contributed by atoms with Gasteiger partial charge in [-0.05, 0) is 43.7 Å². The van der Waals surface area contributed by atoms with Crippen LogP contribution in [0.15, 0.2) is 54.6 Å². The molecule has 0 amide bonds. The molecule has 114 valence electrons. The molecule has 0 aromatic heterocycles. The standard InChI is InChI=1S/C18H22FN.H2S/c1-4-18(16-10-12-17(19)13-11-16)20(3)14(2)15-8-6-5-7-9-15;/h5-14,18H,4H2,1-3H3;1H2. The summed E-state index contributed by atoms with van der Waals surface area (Å²) < 4.78 is 13.1. The lowest BCUT2D eigenvalue weighted by molar-refractivity contribution is 0.181. The van der Waals surface area contributed by atoms with E-state index in [2.05, 4.69) is 50.1 Å². The SMILES string of the molecule is CCC(c1ccc(F)cc1)N(C)C(C)c1ccccc1.S. The molecule has 2 atom stereocenters. The van der Waals surface area contributed by atoms with Crippen LogP contribution in [0.3, 0.4) is 0 Å². The average molecular weight is 305 g/mol. The van der Waals surface area contributed by atoms with Crippen molar-refractivity contribution in [1.29, 1.82) is 0 Å². The van der Waals surface area contributed by atoms with Gasteiger partial charge in [0.05, 0.1) is 0 Å². The van der Waals surface area contributed by atoms with Crippen LogP contribution in [0, 0.1) is 5.82 Å². The first-order valence-corrected chi connectivity index (χ1v) is 7.15. The molecule has 0 bridgehead atoms. The highest BCUT2D eigenvalue weighted by molar-refractivity contribution is 7.59. The van der Waals surface area contributed by atoms with Crippen LogP contribution >= 0.6 is 13.5 Å². The summed E-state index contributed by atoms with van der Waals surface area (Å²) in [5.41, 5.74) is 2.47. The van der Waals surface area contributed by atoms with Gasteiger partial charge in [-0.3, -0.25) is 4.90 Å². The normalized spacial score (nSPS) is 13.6. The monoisotopic (exact) mass is 305 g/mol. The summed E-state index contributed by atoms with van der Waals surface area (Å²) in [4.78, 5) is 2.35. The minimum atomic E-state index is -0.178. The summed E-state index contributed by atoms with van der Waals surface area (Å²) in [6.07, 6.45) is 0.999. The van der Waals surface area contributed by atoms with Gasteiger partial charge in [-0.15, -0.1) is 0 Å². The van der Waals surface area contributed by atoms with Crippen molar-refractivity contribution in [2.24, 2.45) is 0 Å². The second-order valence-corrected chi connectivity index (χ2v) is 5.23. The lowest BCUT2D eigenvalue weighted by Crippen LogP contribution is -2.27. The predicted molar refractivity (Wildman–Crippen MR) is 92.4 cm³/mol. The van der Waals surface area contributed by atoms with Gasteiger partial charge in [0.2, 0.25) is 0 Å². The van der Waals surface area contributed by atoms with E-state index in [1.54, 1.807) is 12.1 Å². The predicted octanol–water partition coefficient (Wildman–Crippen LogP) is 5.08. The lowest BCUT2D eigenvalue weighted by Gasteiger charge is -2.33. The zero-order valence-corrected chi connectivity index (χ0v) is 13.9. The molecule has 0 N–H and O–H groups in total. The number of rotatable bonds is 5. The molecule has 2 aromatic carbocycles. The van der Waals surface area contributed by atoms with Crippen LogP contribution in [-0.4, -0.2) is 11.9 Å². The minimum Gasteiger partial charge on any atom is -0.293 e. The molecule has 0 saturated carbocycles. The van der Waals surface area contributed by atoms with Crippen molar-refractivity contribution in [2.45, 2.75) is 32.4 Å². The van der Waals surface area contributed by atoms with Gasteiger partial charge < -0.3 is 0 Å². The molecule has 0 aliphatic carbocycles. The molecule has 0 aliphatic rings. The van der Waals surface area contributed by atoms with Crippen molar-refractivity contribution >= 4 is 13.5 Å². The zero-order valence-electron chi connectivity index (χ0n) is 12.9. The van der Waals surface area contributed by atoms with E-state index in [9.17, 15) is 4.39 Å². The van der Waals surface area contributed by atoms with Crippen LogP contribution in [0.4, 0.5) is 4.39 Å². The van der Waals surface area contributed by atoms with Crippen molar-refractivity contribution in [1.82, 2.24) is 4.90 Å². The molecule has 2 rings (SSSR count). The molecule has 0 heterocycles. The van der Waals surface area contributed by atoms with Crippen molar-refractivity contribution in [3.63, 3.8) is 0 Å². The maximum absolute atomic E-state index is 13.1. The van der Waals surface area contributed by atoms with E-state index in [0.717, 1.165) is 6.42 Å². The summed E-state index contributed by atoms with van der Waals surface area (Å²) in [6.45, 7) is 4.38. The summed E-state index contributed by atoms with van der Waals surface area (Å²) in [6, 6.07) is 18.0. The molecule has 0 aliphatic heterocycles. The van der Waals surface area contributed by atoms with Crippen LogP contribution < -0.4 is 0 Å². The lowest BCUT2D eigenvalue weighted by atomic mass is 9.99. The second-order valence-electron chi connectivity index (χ2n) is 5.23. The number of halogens is 1.